The predicted octanol–water partition coefficient (Wildman–Crippen LogP) is 3.97. The second kappa shape index (κ2) is 11.0. The van der Waals surface area contributed by atoms with Crippen LogP contribution in [0, 0.1) is 6.57 Å². The zero-order valence-corrected chi connectivity index (χ0v) is 20.9. The summed E-state index contributed by atoms with van der Waals surface area (Å²) in [5.74, 6) is -0.0854. The third-order valence-corrected chi connectivity index (χ3v) is 8.14. The van der Waals surface area contributed by atoms with Gasteiger partial charge >= 0.3 is 0 Å². The van der Waals surface area contributed by atoms with Crippen molar-refractivity contribution < 1.29 is 17.9 Å². The Morgan fingerprint density at radius 1 is 1.20 bits per heavy atom. The first kappa shape index (κ1) is 25.5. The van der Waals surface area contributed by atoms with Crippen LogP contribution in [0.15, 0.2) is 41.3 Å². The van der Waals surface area contributed by atoms with Crippen molar-refractivity contribution >= 4 is 33.2 Å². The highest BCUT2D eigenvalue weighted by Gasteiger charge is 2.40. The molecule has 1 amide bonds. The molecular weight excluding hydrogens is 488 g/mol. The van der Waals surface area contributed by atoms with Gasteiger partial charge in [0.25, 0.3) is 10.0 Å². The van der Waals surface area contributed by atoms with Crippen LogP contribution >= 0.6 is 11.6 Å². The van der Waals surface area contributed by atoms with Gasteiger partial charge in [0.2, 0.25) is 5.91 Å². The van der Waals surface area contributed by atoms with Crippen LogP contribution in [-0.4, -0.2) is 44.9 Å². The fourth-order valence-corrected chi connectivity index (χ4v) is 6.06. The number of fused-ring (bicyclic) bond motifs is 1. The van der Waals surface area contributed by atoms with Crippen molar-refractivity contribution in [3.8, 4) is 5.75 Å². The molecule has 3 N–H and O–H groups in total. The van der Waals surface area contributed by atoms with Crippen molar-refractivity contribution in [1.29, 1.82) is 0 Å². The van der Waals surface area contributed by atoms with Gasteiger partial charge in [-0.3, -0.25) is 9.69 Å². The van der Waals surface area contributed by atoms with Crippen molar-refractivity contribution in [1.82, 2.24) is 9.62 Å². The molecule has 1 aliphatic heterocycles. The lowest BCUT2D eigenvalue weighted by atomic mass is 10.0. The highest BCUT2D eigenvalue weighted by molar-refractivity contribution is 7.90. The molecule has 35 heavy (non-hydrogen) atoms. The van der Waals surface area contributed by atoms with E-state index in [-0.39, 0.29) is 23.5 Å². The smallest absolute Gasteiger partial charge is 0.264 e. The quantitative estimate of drug-likeness (QED) is 0.514. The molecule has 1 saturated heterocycles. The molecule has 1 fully saturated rings. The Bertz CT molecular complexity index is 1220. The lowest BCUT2D eigenvalue weighted by molar-refractivity contribution is -0.119. The predicted molar refractivity (Wildman–Crippen MR) is 134 cm³/mol. The fraction of sp³-hybridized carbons (Fsp3) is 0.440. The maximum atomic E-state index is 12.5. The number of rotatable bonds is 8. The van der Waals surface area contributed by atoms with Crippen LogP contribution in [0.3, 0.4) is 0 Å². The number of hydrogen-bond donors (Lipinski definition) is 2. The molecule has 2 atom stereocenters. The van der Waals surface area contributed by atoms with E-state index in [9.17, 15) is 13.2 Å². The molecule has 0 spiro atoms. The van der Waals surface area contributed by atoms with Gasteiger partial charge < -0.3 is 10.5 Å². The fourth-order valence-electron chi connectivity index (χ4n) is 4.82. The lowest BCUT2D eigenvalue weighted by Crippen LogP contribution is -2.43. The van der Waals surface area contributed by atoms with E-state index in [0.717, 1.165) is 37.1 Å². The molecule has 0 radical (unpaired) electrons. The number of nitrogens with one attached hydrogen (secondary N) is 1. The number of carbonyl (C=O) groups excluding carboxylic acids is 1. The van der Waals surface area contributed by atoms with Gasteiger partial charge in [-0.05, 0) is 92.8 Å². The first-order chi connectivity index (χ1) is 16.8. The number of amides is 1. The molecule has 10 heteroatoms. The van der Waals surface area contributed by atoms with E-state index in [4.69, 9.17) is 28.6 Å². The largest absolute Gasteiger partial charge is 0.484 e. The van der Waals surface area contributed by atoms with E-state index in [1.165, 1.54) is 18.6 Å². The van der Waals surface area contributed by atoms with Crippen molar-refractivity contribution in [2.24, 2.45) is 5.73 Å². The van der Waals surface area contributed by atoms with Crippen LogP contribution in [0.2, 0.25) is 5.02 Å². The molecule has 0 unspecified atom stereocenters. The molecule has 4 rings (SSSR count). The van der Waals surface area contributed by atoms with Crippen LogP contribution in [0.4, 0.5) is 5.69 Å². The normalized spacial score (nSPS) is 20.1. The van der Waals surface area contributed by atoms with Crippen LogP contribution in [0.1, 0.15) is 49.3 Å². The maximum Gasteiger partial charge on any atom is 0.264 e. The van der Waals surface area contributed by atoms with E-state index in [1.54, 1.807) is 18.2 Å². The molecule has 186 valence electrons. The molecule has 0 aromatic heterocycles. The summed E-state index contributed by atoms with van der Waals surface area (Å²) in [7, 11) is -3.98. The topological polar surface area (TPSA) is 106 Å². The first-order valence-corrected chi connectivity index (χ1v) is 13.6. The average Bonchev–Trinajstić information content (AvgIpc) is 3.20. The van der Waals surface area contributed by atoms with Gasteiger partial charge in [-0.15, -0.1) is 0 Å². The summed E-state index contributed by atoms with van der Waals surface area (Å²) in [5.41, 5.74) is 7.80. The number of ether oxygens (including phenoxy) is 1. The zero-order chi connectivity index (χ0) is 25.0. The number of nitrogens with zero attached hydrogens (tertiary/aromatic N) is 2. The molecule has 2 aliphatic rings. The number of piperidine rings is 1. The average molecular weight is 517 g/mol. The summed E-state index contributed by atoms with van der Waals surface area (Å²) in [4.78, 5) is 18.0. The van der Waals surface area contributed by atoms with Crippen LogP contribution in [0.25, 0.3) is 4.85 Å². The number of hydrogen-bond acceptors (Lipinski definition) is 6. The zero-order valence-electron chi connectivity index (χ0n) is 19.4. The maximum absolute atomic E-state index is 12.5. The third-order valence-electron chi connectivity index (χ3n) is 6.53. The Labute approximate surface area is 211 Å². The summed E-state index contributed by atoms with van der Waals surface area (Å²) in [6, 6.07) is 9.65. The van der Waals surface area contributed by atoms with Gasteiger partial charge in [-0.1, -0.05) is 18.0 Å². The van der Waals surface area contributed by atoms with Gasteiger partial charge in [0, 0.05) is 11.4 Å². The first-order valence-electron chi connectivity index (χ1n) is 11.8. The number of benzene rings is 2. The minimum Gasteiger partial charge on any atom is -0.484 e. The van der Waals surface area contributed by atoms with Crippen molar-refractivity contribution in [3.63, 3.8) is 0 Å². The summed E-state index contributed by atoms with van der Waals surface area (Å²) in [6.07, 6.45) is 4.29. The number of sulfonamides is 1. The molecule has 0 bridgehead atoms. The second-order valence-electron chi connectivity index (χ2n) is 8.90. The van der Waals surface area contributed by atoms with Gasteiger partial charge in [0.15, 0.2) is 5.69 Å². The van der Waals surface area contributed by atoms with Gasteiger partial charge in [-0.2, -0.15) is 0 Å². The summed E-state index contributed by atoms with van der Waals surface area (Å²) in [6.45, 7) is 9.85. The minimum atomic E-state index is -3.98. The minimum absolute atomic E-state index is 0.0244. The standard InChI is InChI=1S/C25H29ClN4O4S/c1-28-22-15-17(26)14-21-20(22)16-23(30-12-3-2-4-13-30)25(21)34-18-7-9-19(10-8-18)35(32,33)29-24(31)6-5-11-27/h7-10,14-15,23,25H,2-6,11-13,16,27H2,(H,29,31)/t23-,25-/m0/s1. The number of halogens is 1. The third kappa shape index (κ3) is 5.78. The molecule has 1 aliphatic carbocycles. The van der Waals surface area contributed by atoms with E-state index < -0.39 is 15.9 Å². The van der Waals surface area contributed by atoms with E-state index in [1.807, 2.05) is 6.07 Å². The molecule has 0 saturated carbocycles. The Kier molecular flexibility index (Phi) is 7.97. The van der Waals surface area contributed by atoms with E-state index >= 15 is 0 Å². The summed E-state index contributed by atoms with van der Waals surface area (Å²) in [5, 5.41) is 0.495. The molecule has 1 heterocycles. The van der Waals surface area contributed by atoms with Crippen molar-refractivity contribution in [3.05, 3.63) is 64.0 Å². The monoisotopic (exact) mass is 516 g/mol. The van der Waals surface area contributed by atoms with Gasteiger partial charge in [0.1, 0.15) is 11.9 Å². The lowest BCUT2D eigenvalue weighted by Gasteiger charge is -2.36. The number of nitrogens with two attached hydrogens (primary N) is 1. The van der Waals surface area contributed by atoms with Gasteiger partial charge in [0.05, 0.1) is 17.5 Å². The Morgan fingerprint density at radius 2 is 1.91 bits per heavy atom. The van der Waals surface area contributed by atoms with Crippen LogP contribution in [0.5, 0.6) is 5.75 Å². The highest BCUT2D eigenvalue weighted by Crippen LogP contribution is 2.44. The number of likely N-dealkylation sites (tertiary alicyclic amines) is 1. The van der Waals surface area contributed by atoms with Crippen molar-refractivity contribution in [2.75, 3.05) is 19.6 Å². The highest BCUT2D eigenvalue weighted by atomic mass is 35.5. The van der Waals surface area contributed by atoms with Gasteiger partial charge in [-0.25, -0.2) is 18.0 Å². The Balaban J connectivity index is 1.57. The Morgan fingerprint density at radius 3 is 2.57 bits per heavy atom. The van der Waals surface area contributed by atoms with Crippen molar-refractivity contribution in [2.45, 2.75) is 55.6 Å². The SMILES string of the molecule is [C-]#[N+]c1cc(Cl)cc2c1C[C@H](N1CCCCC1)[C@H]2Oc1ccc(S(=O)(=O)NC(=O)CCCN)cc1. The molecule has 2 aromatic carbocycles. The molecular formula is C25H29ClN4O4S. The van der Waals surface area contributed by atoms with E-state index in [0.29, 0.717) is 35.8 Å². The Hall–Kier alpha value is -2.64. The second-order valence-corrected chi connectivity index (χ2v) is 11.0. The summed E-state index contributed by atoms with van der Waals surface area (Å²) >= 11 is 6.33. The van der Waals surface area contributed by atoms with Crippen LogP contribution in [-0.2, 0) is 21.2 Å². The van der Waals surface area contributed by atoms with Crippen LogP contribution < -0.4 is 15.2 Å². The number of carbonyl (C=O) groups is 1. The summed E-state index contributed by atoms with van der Waals surface area (Å²) < 4.78 is 33.6. The molecule has 2 aromatic rings. The molecule has 8 nitrogen and oxygen atoms in total. The van der Waals surface area contributed by atoms with E-state index in [2.05, 4.69) is 14.5 Å².